The van der Waals surface area contributed by atoms with E-state index < -0.39 is 0 Å². The molecule has 1 aromatic carbocycles. The van der Waals surface area contributed by atoms with Crippen molar-refractivity contribution in [2.24, 2.45) is 5.73 Å². The number of nitrogens with zero attached hydrogens (tertiary/aromatic N) is 2. The fourth-order valence-electron chi connectivity index (χ4n) is 1.58. The summed E-state index contributed by atoms with van der Waals surface area (Å²) in [6.07, 6.45) is 1.41. The molecule has 5 nitrogen and oxygen atoms in total. The molecule has 0 aliphatic heterocycles. The van der Waals surface area contributed by atoms with E-state index in [4.69, 9.17) is 15.2 Å². The lowest BCUT2D eigenvalue weighted by atomic mass is 10.2. The third-order valence-electron chi connectivity index (χ3n) is 2.53. The maximum Gasteiger partial charge on any atom is 0.229 e. The lowest BCUT2D eigenvalue weighted by Crippen LogP contribution is -1.99. The first-order chi connectivity index (χ1) is 8.74. The monoisotopic (exact) mass is 245 g/mol. The summed E-state index contributed by atoms with van der Waals surface area (Å²) in [7, 11) is 1.56. The molecule has 0 saturated heterocycles. The molecule has 0 bridgehead atoms. The van der Waals surface area contributed by atoms with E-state index >= 15 is 0 Å². The van der Waals surface area contributed by atoms with Crippen LogP contribution in [0.15, 0.2) is 30.6 Å². The minimum absolute atomic E-state index is 0.475. The zero-order chi connectivity index (χ0) is 13.0. The van der Waals surface area contributed by atoms with E-state index in [9.17, 15) is 0 Å². The van der Waals surface area contributed by atoms with Crippen molar-refractivity contribution in [3.05, 3.63) is 41.7 Å². The van der Waals surface area contributed by atoms with Gasteiger partial charge in [-0.1, -0.05) is 12.1 Å². The van der Waals surface area contributed by atoms with Crippen molar-refractivity contribution in [2.75, 3.05) is 7.11 Å². The van der Waals surface area contributed by atoms with E-state index in [1.165, 1.54) is 6.33 Å². The Kier molecular flexibility index (Phi) is 3.74. The van der Waals surface area contributed by atoms with Crippen molar-refractivity contribution >= 4 is 0 Å². The van der Waals surface area contributed by atoms with Gasteiger partial charge in [-0.05, 0) is 24.6 Å². The molecule has 0 unspecified atom stereocenters. The third-order valence-corrected chi connectivity index (χ3v) is 2.53. The van der Waals surface area contributed by atoms with Gasteiger partial charge in [0, 0.05) is 6.54 Å². The Hall–Kier alpha value is -2.14. The molecular formula is C13H15N3O2. The smallest absolute Gasteiger partial charge is 0.229 e. The van der Waals surface area contributed by atoms with Crippen LogP contribution in [0, 0.1) is 6.92 Å². The van der Waals surface area contributed by atoms with Crippen molar-refractivity contribution in [1.82, 2.24) is 9.97 Å². The summed E-state index contributed by atoms with van der Waals surface area (Å²) in [5.41, 5.74) is 7.35. The Bertz CT molecular complexity index is 544. The van der Waals surface area contributed by atoms with E-state index in [0.29, 0.717) is 24.1 Å². The zero-order valence-electron chi connectivity index (χ0n) is 10.4. The maximum absolute atomic E-state index is 5.71. The predicted molar refractivity (Wildman–Crippen MR) is 67.7 cm³/mol. The zero-order valence-corrected chi connectivity index (χ0v) is 10.4. The number of aromatic nitrogens is 2. The van der Waals surface area contributed by atoms with Crippen molar-refractivity contribution in [3.8, 4) is 17.5 Å². The molecule has 0 aliphatic carbocycles. The summed E-state index contributed by atoms with van der Waals surface area (Å²) in [6, 6.07) is 7.58. The minimum atomic E-state index is 0.475. The fraction of sp³-hybridized carbons (Fsp3) is 0.231. The van der Waals surface area contributed by atoms with E-state index in [-0.39, 0.29) is 0 Å². The van der Waals surface area contributed by atoms with Crippen LogP contribution in [0.1, 0.15) is 11.1 Å². The summed E-state index contributed by atoms with van der Waals surface area (Å²) in [5.74, 6) is 1.69. The van der Waals surface area contributed by atoms with Crippen LogP contribution in [-0.2, 0) is 6.54 Å². The molecule has 18 heavy (non-hydrogen) atoms. The van der Waals surface area contributed by atoms with Gasteiger partial charge >= 0.3 is 0 Å². The van der Waals surface area contributed by atoms with E-state index in [0.717, 1.165) is 11.1 Å². The highest BCUT2D eigenvalue weighted by Gasteiger charge is 2.09. The highest BCUT2D eigenvalue weighted by atomic mass is 16.5. The molecular weight excluding hydrogens is 230 g/mol. The molecule has 5 heteroatoms. The van der Waals surface area contributed by atoms with Crippen molar-refractivity contribution in [3.63, 3.8) is 0 Å². The molecule has 0 atom stereocenters. The van der Waals surface area contributed by atoms with Crippen LogP contribution >= 0.6 is 0 Å². The molecule has 0 fully saturated rings. The van der Waals surface area contributed by atoms with Crippen molar-refractivity contribution < 1.29 is 9.47 Å². The molecule has 0 saturated carbocycles. The molecule has 1 heterocycles. The fourth-order valence-corrected chi connectivity index (χ4v) is 1.58. The van der Waals surface area contributed by atoms with Gasteiger partial charge in [-0.3, -0.25) is 0 Å². The number of ether oxygens (including phenoxy) is 2. The van der Waals surface area contributed by atoms with Crippen LogP contribution in [0.5, 0.6) is 17.5 Å². The Labute approximate surface area is 106 Å². The van der Waals surface area contributed by atoms with Gasteiger partial charge in [0.1, 0.15) is 12.1 Å². The summed E-state index contributed by atoms with van der Waals surface area (Å²) >= 11 is 0. The molecule has 94 valence electrons. The van der Waals surface area contributed by atoms with Crippen LogP contribution in [0.25, 0.3) is 0 Å². The van der Waals surface area contributed by atoms with Crippen LogP contribution in [-0.4, -0.2) is 17.1 Å². The number of nitrogens with two attached hydrogens (primary N) is 1. The first-order valence-electron chi connectivity index (χ1n) is 5.57. The molecule has 1 aromatic heterocycles. The normalized spacial score (nSPS) is 10.2. The van der Waals surface area contributed by atoms with Gasteiger partial charge < -0.3 is 15.2 Å². The number of hydrogen-bond donors (Lipinski definition) is 1. The molecule has 2 N–H and O–H groups in total. The lowest BCUT2D eigenvalue weighted by molar-refractivity contribution is 0.382. The van der Waals surface area contributed by atoms with Gasteiger partial charge in [-0.2, -0.15) is 0 Å². The Morgan fingerprint density at radius 3 is 2.72 bits per heavy atom. The second kappa shape index (κ2) is 5.46. The number of hydrogen-bond acceptors (Lipinski definition) is 5. The molecule has 0 spiro atoms. The van der Waals surface area contributed by atoms with Crippen molar-refractivity contribution in [1.29, 1.82) is 0 Å². The standard InChI is InChI=1S/C13H15N3O2/c1-9-12(17-2)15-8-16-13(9)18-11-5-3-4-10(6-11)7-14/h3-6,8H,7,14H2,1-2H3. The summed E-state index contributed by atoms with van der Waals surface area (Å²) in [5, 5.41) is 0. The van der Waals surface area contributed by atoms with Crippen molar-refractivity contribution in [2.45, 2.75) is 13.5 Å². The third kappa shape index (κ3) is 2.57. The van der Waals surface area contributed by atoms with Gasteiger partial charge in [-0.15, -0.1) is 0 Å². The van der Waals surface area contributed by atoms with Crippen LogP contribution in [0.2, 0.25) is 0 Å². The Morgan fingerprint density at radius 2 is 2.00 bits per heavy atom. The van der Waals surface area contributed by atoms with E-state index in [1.807, 2.05) is 31.2 Å². The molecule has 0 aliphatic rings. The predicted octanol–water partition coefficient (Wildman–Crippen LogP) is 2.04. The van der Waals surface area contributed by atoms with Gasteiger partial charge in [0.2, 0.25) is 11.8 Å². The quantitative estimate of drug-likeness (QED) is 0.892. The second-order valence-corrected chi connectivity index (χ2v) is 3.77. The van der Waals surface area contributed by atoms with Gasteiger partial charge in [0.25, 0.3) is 0 Å². The topological polar surface area (TPSA) is 70.3 Å². The summed E-state index contributed by atoms with van der Waals surface area (Å²) < 4.78 is 10.8. The highest BCUT2D eigenvalue weighted by molar-refractivity contribution is 5.37. The molecule has 2 rings (SSSR count). The van der Waals surface area contributed by atoms with E-state index in [2.05, 4.69) is 9.97 Å². The summed E-state index contributed by atoms with van der Waals surface area (Å²) in [6.45, 7) is 2.32. The average molecular weight is 245 g/mol. The van der Waals surface area contributed by atoms with Gasteiger partial charge in [0.05, 0.1) is 12.7 Å². The second-order valence-electron chi connectivity index (χ2n) is 3.77. The van der Waals surface area contributed by atoms with Crippen LogP contribution in [0.4, 0.5) is 0 Å². The summed E-state index contributed by atoms with van der Waals surface area (Å²) in [4.78, 5) is 8.09. The highest BCUT2D eigenvalue weighted by Crippen LogP contribution is 2.27. The Balaban J connectivity index is 2.28. The number of methoxy groups -OCH3 is 1. The Morgan fingerprint density at radius 1 is 1.22 bits per heavy atom. The largest absolute Gasteiger partial charge is 0.481 e. The number of rotatable bonds is 4. The van der Waals surface area contributed by atoms with Gasteiger partial charge in [0.15, 0.2) is 0 Å². The lowest BCUT2D eigenvalue weighted by Gasteiger charge is -2.10. The molecule has 0 radical (unpaired) electrons. The van der Waals surface area contributed by atoms with Gasteiger partial charge in [-0.25, -0.2) is 9.97 Å². The van der Waals surface area contributed by atoms with E-state index in [1.54, 1.807) is 7.11 Å². The number of benzene rings is 1. The molecule has 0 amide bonds. The van der Waals surface area contributed by atoms with Crippen LogP contribution in [0.3, 0.4) is 0 Å². The average Bonchev–Trinajstić information content (AvgIpc) is 2.41. The molecule has 2 aromatic rings. The maximum atomic E-state index is 5.71. The first-order valence-corrected chi connectivity index (χ1v) is 5.57. The first kappa shape index (κ1) is 12.3. The SMILES string of the molecule is COc1ncnc(Oc2cccc(CN)c2)c1C. The van der Waals surface area contributed by atoms with Crippen LogP contribution < -0.4 is 15.2 Å². The minimum Gasteiger partial charge on any atom is -0.481 e.